The van der Waals surface area contributed by atoms with Crippen LogP contribution in [0.5, 0.6) is 0 Å². The minimum Gasteiger partial charge on any atom is -0.476 e. The zero-order chi connectivity index (χ0) is 23.9. The summed E-state index contributed by atoms with van der Waals surface area (Å²) in [5.41, 5.74) is 6.35. The van der Waals surface area contributed by atoms with Crippen LogP contribution >= 0.6 is 0 Å². The summed E-state index contributed by atoms with van der Waals surface area (Å²) < 4.78 is 1.88. The van der Waals surface area contributed by atoms with Gasteiger partial charge >= 0.3 is 5.97 Å². The molecule has 0 unspecified atom stereocenters. The maximum absolute atomic E-state index is 11.5. The van der Waals surface area contributed by atoms with Crippen molar-refractivity contribution >= 4 is 39.0 Å². The number of aromatic nitrogens is 3. The van der Waals surface area contributed by atoms with Crippen molar-refractivity contribution in [3.63, 3.8) is 0 Å². The number of nitrogens with zero attached hydrogens (tertiary/aromatic N) is 5. The topological polar surface area (TPSA) is 74.0 Å². The number of hydrogen-bond acceptors (Lipinski definition) is 5. The number of rotatable bonds is 5. The van der Waals surface area contributed by atoms with Gasteiger partial charge in [0.05, 0.1) is 16.6 Å². The van der Waals surface area contributed by atoms with Gasteiger partial charge in [-0.2, -0.15) is 0 Å². The Labute approximate surface area is 203 Å². The first-order valence-electron chi connectivity index (χ1n) is 12.0. The fourth-order valence-corrected chi connectivity index (χ4v) is 5.26. The van der Waals surface area contributed by atoms with E-state index in [9.17, 15) is 9.90 Å². The molecule has 6 rings (SSSR count). The van der Waals surface area contributed by atoms with Gasteiger partial charge in [0, 0.05) is 54.9 Å². The number of anilines is 1. The number of aryl methyl sites for hydroxylation is 1. The van der Waals surface area contributed by atoms with Crippen LogP contribution in [-0.2, 0) is 6.42 Å². The van der Waals surface area contributed by atoms with E-state index in [1.807, 2.05) is 35.6 Å². The summed E-state index contributed by atoms with van der Waals surface area (Å²) in [6.45, 7) is 7.06. The number of fused-ring (bicyclic) bond motifs is 4. The Morgan fingerprint density at radius 2 is 1.71 bits per heavy atom. The van der Waals surface area contributed by atoms with Crippen molar-refractivity contribution < 1.29 is 9.90 Å². The van der Waals surface area contributed by atoms with Gasteiger partial charge in [0.15, 0.2) is 5.69 Å². The molecular formula is C28H27N5O2. The highest BCUT2D eigenvalue weighted by atomic mass is 16.4. The van der Waals surface area contributed by atoms with Crippen LogP contribution in [0.3, 0.4) is 0 Å². The minimum atomic E-state index is -1.00. The summed E-state index contributed by atoms with van der Waals surface area (Å²) in [5.74, 6) is -1.00. The summed E-state index contributed by atoms with van der Waals surface area (Å²) in [6, 6.07) is 20.8. The predicted molar refractivity (Wildman–Crippen MR) is 138 cm³/mol. The SMILES string of the molecule is Cc1ccc2c(N3CCN(CCc4cccc5c4ccc4c(C(=O)O)ncn45)CC3)cccc2n1. The Hall–Kier alpha value is -3.97. The standard InChI is InChI=1S/C28H27N5O2/c1-19-8-9-22-23(30-19)5-3-6-24(22)32-16-14-31(15-17-32)13-12-20-4-2-7-25-21(20)10-11-26-27(28(34)35)29-18-33(25)26/h2-11,18H,12-17H2,1H3,(H,34,35). The van der Waals surface area contributed by atoms with Crippen LogP contribution in [0.15, 0.2) is 67.0 Å². The number of carboxylic acids is 1. The van der Waals surface area contributed by atoms with Crippen LogP contribution in [0.4, 0.5) is 5.69 Å². The van der Waals surface area contributed by atoms with E-state index in [1.165, 1.54) is 16.6 Å². The Balaban J connectivity index is 1.16. The average Bonchev–Trinajstić information content (AvgIpc) is 3.32. The molecule has 1 fully saturated rings. The van der Waals surface area contributed by atoms with E-state index in [0.717, 1.165) is 61.3 Å². The number of carbonyl (C=O) groups is 1. The molecule has 7 heteroatoms. The molecule has 0 spiro atoms. The molecule has 7 nitrogen and oxygen atoms in total. The second-order valence-corrected chi connectivity index (χ2v) is 9.21. The van der Waals surface area contributed by atoms with Gasteiger partial charge in [-0.05, 0) is 55.3 Å². The third-order valence-electron chi connectivity index (χ3n) is 7.11. The number of carboxylic acid groups (broad SMARTS) is 1. The first-order valence-corrected chi connectivity index (χ1v) is 12.0. The molecule has 35 heavy (non-hydrogen) atoms. The third kappa shape index (κ3) is 3.88. The molecule has 0 bridgehead atoms. The fourth-order valence-electron chi connectivity index (χ4n) is 5.26. The highest BCUT2D eigenvalue weighted by Crippen LogP contribution is 2.27. The molecule has 0 radical (unpaired) electrons. The van der Waals surface area contributed by atoms with Gasteiger partial charge in [0.25, 0.3) is 0 Å². The summed E-state index contributed by atoms with van der Waals surface area (Å²) in [6.07, 6.45) is 2.55. The monoisotopic (exact) mass is 465 g/mol. The van der Waals surface area contributed by atoms with E-state index in [0.29, 0.717) is 5.52 Å². The second-order valence-electron chi connectivity index (χ2n) is 9.21. The summed E-state index contributed by atoms with van der Waals surface area (Å²) in [5, 5.41) is 11.8. The van der Waals surface area contributed by atoms with Crippen molar-refractivity contribution in [1.82, 2.24) is 19.3 Å². The zero-order valence-corrected chi connectivity index (χ0v) is 19.7. The number of piperazine rings is 1. The molecule has 1 aliphatic rings. The second kappa shape index (κ2) is 8.67. The summed E-state index contributed by atoms with van der Waals surface area (Å²) >= 11 is 0. The molecule has 2 aromatic carbocycles. The van der Waals surface area contributed by atoms with Crippen molar-refractivity contribution in [3.05, 3.63) is 83.9 Å². The van der Waals surface area contributed by atoms with Crippen molar-refractivity contribution in [1.29, 1.82) is 0 Å². The summed E-state index contributed by atoms with van der Waals surface area (Å²) in [7, 11) is 0. The van der Waals surface area contributed by atoms with Crippen molar-refractivity contribution in [3.8, 4) is 0 Å². The van der Waals surface area contributed by atoms with Crippen LogP contribution < -0.4 is 4.90 Å². The number of imidazole rings is 1. The van der Waals surface area contributed by atoms with Gasteiger partial charge in [-0.3, -0.25) is 14.3 Å². The van der Waals surface area contributed by atoms with Crippen molar-refractivity contribution in [2.75, 3.05) is 37.6 Å². The zero-order valence-electron chi connectivity index (χ0n) is 19.7. The maximum Gasteiger partial charge on any atom is 0.356 e. The van der Waals surface area contributed by atoms with E-state index in [-0.39, 0.29) is 5.69 Å². The molecule has 0 saturated carbocycles. The minimum absolute atomic E-state index is 0.0901. The quantitative estimate of drug-likeness (QED) is 0.415. The molecule has 1 saturated heterocycles. The Bertz CT molecular complexity index is 1570. The number of pyridine rings is 2. The van der Waals surface area contributed by atoms with Gasteiger partial charge in [0.2, 0.25) is 0 Å². The lowest BCUT2D eigenvalue weighted by molar-refractivity contribution is 0.0693. The van der Waals surface area contributed by atoms with E-state index in [4.69, 9.17) is 4.98 Å². The molecule has 0 atom stereocenters. The van der Waals surface area contributed by atoms with E-state index in [1.54, 1.807) is 6.33 Å². The Morgan fingerprint density at radius 1 is 0.914 bits per heavy atom. The van der Waals surface area contributed by atoms with Crippen LogP contribution in [0.25, 0.3) is 27.3 Å². The third-order valence-corrected chi connectivity index (χ3v) is 7.11. The van der Waals surface area contributed by atoms with Crippen LogP contribution in [0, 0.1) is 6.92 Å². The largest absolute Gasteiger partial charge is 0.476 e. The highest BCUT2D eigenvalue weighted by molar-refractivity contribution is 5.96. The van der Waals surface area contributed by atoms with Crippen molar-refractivity contribution in [2.24, 2.45) is 0 Å². The van der Waals surface area contributed by atoms with Crippen LogP contribution in [0.1, 0.15) is 21.7 Å². The van der Waals surface area contributed by atoms with Gasteiger partial charge in [0.1, 0.15) is 6.33 Å². The van der Waals surface area contributed by atoms with E-state index in [2.05, 4.69) is 51.2 Å². The van der Waals surface area contributed by atoms with E-state index < -0.39 is 5.97 Å². The first-order chi connectivity index (χ1) is 17.1. The van der Waals surface area contributed by atoms with Gasteiger partial charge < -0.3 is 10.0 Å². The number of benzene rings is 2. The predicted octanol–water partition coefficient (Wildman–Crippen LogP) is 4.41. The lowest BCUT2D eigenvalue weighted by Crippen LogP contribution is -2.47. The van der Waals surface area contributed by atoms with Gasteiger partial charge in [-0.25, -0.2) is 9.78 Å². The number of aromatic carboxylic acids is 1. The molecule has 1 N–H and O–H groups in total. The molecule has 3 aromatic heterocycles. The lowest BCUT2D eigenvalue weighted by Gasteiger charge is -2.36. The highest BCUT2D eigenvalue weighted by Gasteiger charge is 2.19. The number of hydrogen-bond donors (Lipinski definition) is 1. The Kier molecular flexibility index (Phi) is 5.34. The average molecular weight is 466 g/mol. The normalized spacial score (nSPS) is 14.8. The van der Waals surface area contributed by atoms with Crippen molar-refractivity contribution in [2.45, 2.75) is 13.3 Å². The molecular weight excluding hydrogens is 438 g/mol. The van der Waals surface area contributed by atoms with Gasteiger partial charge in [-0.15, -0.1) is 0 Å². The van der Waals surface area contributed by atoms with Gasteiger partial charge in [-0.1, -0.05) is 24.3 Å². The molecule has 176 valence electrons. The maximum atomic E-state index is 11.5. The molecule has 0 aliphatic carbocycles. The fraction of sp³-hybridized carbons (Fsp3) is 0.250. The first kappa shape index (κ1) is 21.6. The molecule has 4 heterocycles. The van der Waals surface area contributed by atoms with Crippen LogP contribution in [0.2, 0.25) is 0 Å². The van der Waals surface area contributed by atoms with Crippen LogP contribution in [-0.4, -0.2) is 63.1 Å². The van der Waals surface area contributed by atoms with E-state index >= 15 is 0 Å². The summed E-state index contributed by atoms with van der Waals surface area (Å²) in [4.78, 5) is 25.3. The smallest absolute Gasteiger partial charge is 0.356 e. The molecule has 5 aromatic rings. The Morgan fingerprint density at radius 3 is 2.54 bits per heavy atom. The molecule has 1 aliphatic heterocycles. The lowest BCUT2D eigenvalue weighted by atomic mass is 10.0. The molecule has 0 amide bonds.